The van der Waals surface area contributed by atoms with E-state index in [1.165, 1.54) is 6.07 Å². The number of hydrogen-bond acceptors (Lipinski definition) is 1. The Morgan fingerprint density at radius 2 is 1.48 bits per heavy atom. The van der Waals surface area contributed by atoms with Crippen LogP contribution in [0.5, 0.6) is 0 Å². The van der Waals surface area contributed by atoms with E-state index in [0.717, 1.165) is 16.6 Å². The fourth-order valence-electron chi connectivity index (χ4n) is 2.03. The number of alkyl halides is 3. The zero-order valence-corrected chi connectivity index (χ0v) is 12.6. The molecule has 2 rings (SSSR count). The van der Waals surface area contributed by atoms with Gasteiger partial charge in [-0.25, -0.2) is 4.39 Å². The van der Waals surface area contributed by atoms with Crippen molar-refractivity contribution < 1.29 is 17.6 Å². The van der Waals surface area contributed by atoms with Crippen LogP contribution < -0.4 is 5.73 Å². The standard InChI is InChI=1S/C15H12BrF4N/c1-14(21,9-2-5-11(16)6-3-9)10-4-7-13(17)12(8-10)15(18,19)20/h2-8H,21H2,1H3. The van der Waals surface area contributed by atoms with E-state index >= 15 is 0 Å². The number of hydrogen-bond donors (Lipinski definition) is 1. The van der Waals surface area contributed by atoms with Gasteiger partial charge >= 0.3 is 6.18 Å². The molecule has 1 unspecified atom stereocenters. The number of rotatable bonds is 2. The van der Waals surface area contributed by atoms with Crippen LogP contribution in [-0.2, 0) is 11.7 Å². The van der Waals surface area contributed by atoms with Crippen molar-refractivity contribution in [2.45, 2.75) is 18.6 Å². The fraction of sp³-hybridized carbons (Fsp3) is 0.200. The van der Waals surface area contributed by atoms with Crippen molar-refractivity contribution in [3.63, 3.8) is 0 Å². The summed E-state index contributed by atoms with van der Waals surface area (Å²) in [6, 6.07) is 9.73. The lowest BCUT2D eigenvalue weighted by Gasteiger charge is -2.27. The zero-order valence-electron chi connectivity index (χ0n) is 11.0. The average Bonchev–Trinajstić information content (AvgIpc) is 2.38. The minimum absolute atomic E-state index is 0.193. The van der Waals surface area contributed by atoms with Gasteiger partial charge in [0.25, 0.3) is 0 Å². The van der Waals surface area contributed by atoms with Crippen LogP contribution in [0.2, 0.25) is 0 Å². The van der Waals surface area contributed by atoms with Gasteiger partial charge in [0.05, 0.1) is 11.1 Å². The largest absolute Gasteiger partial charge is 0.419 e. The Labute approximate surface area is 127 Å². The molecule has 21 heavy (non-hydrogen) atoms. The molecule has 2 N–H and O–H groups in total. The molecule has 6 heteroatoms. The topological polar surface area (TPSA) is 26.0 Å². The van der Waals surface area contributed by atoms with E-state index in [0.29, 0.717) is 5.56 Å². The van der Waals surface area contributed by atoms with Gasteiger partial charge < -0.3 is 5.73 Å². The molecule has 0 saturated carbocycles. The lowest BCUT2D eigenvalue weighted by molar-refractivity contribution is -0.140. The molecule has 0 aromatic heterocycles. The van der Waals surface area contributed by atoms with Crippen LogP contribution >= 0.6 is 15.9 Å². The van der Waals surface area contributed by atoms with Crippen molar-refractivity contribution >= 4 is 15.9 Å². The van der Waals surface area contributed by atoms with Crippen molar-refractivity contribution in [3.8, 4) is 0 Å². The van der Waals surface area contributed by atoms with Gasteiger partial charge in [-0.05, 0) is 42.3 Å². The Bertz CT molecular complexity index is 648. The highest BCUT2D eigenvalue weighted by Crippen LogP contribution is 2.35. The Kier molecular flexibility index (Phi) is 4.13. The van der Waals surface area contributed by atoms with Gasteiger partial charge in [-0.1, -0.05) is 34.1 Å². The summed E-state index contributed by atoms with van der Waals surface area (Å²) in [5.74, 6) is -1.31. The number of halogens is 5. The van der Waals surface area contributed by atoms with Crippen LogP contribution in [0.3, 0.4) is 0 Å². The van der Waals surface area contributed by atoms with Gasteiger partial charge in [0.2, 0.25) is 0 Å². The highest BCUT2D eigenvalue weighted by atomic mass is 79.9. The third-order valence-electron chi connectivity index (χ3n) is 3.32. The van der Waals surface area contributed by atoms with Crippen molar-refractivity contribution in [3.05, 3.63) is 69.4 Å². The van der Waals surface area contributed by atoms with Gasteiger partial charge in [-0.2, -0.15) is 13.2 Å². The predicted molar refractivity (Wildman–Crippen MR) is 76.2 cm³/mol. The van der Waals surface area contributed by atoms with Crippen LogP contribution in [0, 0.1) is 5.82 Å². The molecule has 0 amide bonds. The molecule has 0 spiro atoms. The number of benzene rings is 2. The maximum absolute atomic E-state index is 13.3. The molecular formula is C15H12BrF4N. The SMILES string of the molecule is CC(N)(c1ccc(Br)cc1)c1ccc(F)c(C(F)(F)F)c1. The van der Waals surface area contributed by atoms with Crippen LogP contribution in [-0.4, -0.2) is 0 Å². The first-order valence-corrected chi connectivity index (χ1v) is 6.84. The van der Waals surface area contributed by atoms with Gasteiger partial charge in [-0.15, -0.1) is 0 Å². The summed E-state index contributed by atoms with van der Waals surface area (Å²) >= 11 is 3.28. The summed E-state index contributed by atoms with van der Waals surface area (Å²) in [4.78, 5) is 0. The molecule has 0 bridgehead atoms. The molecule has 2 aromatic rings. The summed E-state index contributed by atoms with van der Waals surface area (Å²) in [6.07, 6.45) is -4.75. The third kappa shape index (κ3) is 3.27. The third-order valence-corrected chi connectivity index (χ3v) is 3.84. The summed E-state index contributed by atoms with van der Waals surface area (Å²) in [5, 5.41) is 0. The van der Waals surface area contributed by atoms with E-state index in [1.54, 1.807) is 31.2 Å². The fourth-order valence-corrected chi connectivity index (χ4v) is 2.29. The molecule has 0 aliphatic carbocycles. The van der Waals surface area contributed by atoms with Crippen molar-refractivity contribution in [1.82, 2.24) is 0 Å². The minimum atomic E-state index is -4.75. The predicted octanol–water partition coefficient (Wildman–Crippen LogP) is 4.83. The molecule has 1 nitrogen and oxygen atoms in total. The molecule has 0 heterocycles. The normalized spacial score (nSPS) is 14.8. The molecule has 2 aromatic carbocycles. The Hall–Kier alpha value is -1.40. The quantitative estimate of drug-likeness (QED) is 0.761. The first-order valence-electron chi connectivity index (χ1n) is 6.04. The van der Waals surface area contributed by atoms with Crippen molar-refractivity contribution in [1.29, 1.82) is 0 Å². The first-order chi connectivity index (χ1) is 9.62. The Morgan fingerprint density at radius 3 is 2.00 bits per heavy atom. The van der Waals surface area contributed by atoms with E-state index in [4.69, 9.17) is 5.73 Å². The summed E-state index contributed by atoms with van der Waals surface area (Å²) < 4.78 is 52.5. The summed E-state index contributed by atoms with van der Waals surface area (Å²) in [7, 11) is 0. The van der Waals surface area contributed by atoms with Gasteiger partial charge in [0, 0.05) is 4.47 Å². The molecule has 112 valence electrons. The lowest BCUT2D eigenvalue weighted by Crippen LogP contribution is -2.34. The minimum Gasteiger partial charge on any atom is -0.318 e. The van der Waals surface area contributed by atoms with E-state index in [2.05, 4.69) is 15.9 Å². The Balaban J connectivity index is 2.52. The summed E-state index contributed by atoms with van der Waals surface area (Å²) in [6.45, 7) is 1.59. The highest BCUT2D eigenvalue weighted by molar-refractivity contribution is 9.10. The second kappa shape index (κ2) is 5.42. The van der Waals surface area contributed by atoms with E-state index in [9.17, 15) is 17.6 Å². The maximum atomic E-state index is 13.3. The molecule has 0 fully saturated rings. The smallest absolute Gasteiger partial charge is 0.318 e. The van der Waals surface area contributed by atoms with Crippen molar-refractivity contribution in [2.75, 3.05) is 0 Å². The average molecular weight is 362 g/mol. The summed E-state index contributed by atoms with van der Waals surface area (Å²) in [5.41, 5.74) is 4.52. The van der Waals surface area contributed by atoms with Crippen LogP contribution in [0.15, 0.2) is 46.9 Å². The Morgan fingerprint density at radius 1 is 0.952 bits per heavy atom. The van der Waals surface area contributed by atoms with Gasteiger partial charge in [0.1, 0.15) is 5.82 Å². The van der Waals surface area contributed by atoms with E-state index < -0.39 is 23.1 Å². The van der Waals surface area contributed by atoms with Gasteiger partial charge in [-0.3, -0.25) is 0 Å². The van der Waals surface area contributed by atoms with E-state index in [-0.39, 0.29) is 5.56 Å². The zero-order chi connectivity index (χ0) is 15.8. The van der Waals surface area contributed by atoms with Crippen LogP contribution in [0.25, 0.3) is 0 Å². The molecule has 0 aliphatic heterocycles. The second-order valence-electron chi connectivity index (χ2n) is 4.90. The van der Waals surface area contributed by atoms with Gasteiger partial charge in [0.15, 0.2) is 0 Å². The molecule has 0 aliphatic rings. The molecule has 0 saturated heterocycles. The number of nitrogens with two attached hydrogens (primary N) is 1. The van der Waals surface area contributed by atoms with Crippen molar-refractivity contribution in [2.24, 2.45) is 5.73 Å². The molecular weight excluding hydrogens is 350 g/mol. The lowest BCUT2D eigenvalue weighted by atomic mass is 9.85. The second-order valence-corrected chi connectivity index (χ2v) is 5.82. The van der Waals surface area contributed by atoms with E-state index in [1.807, 2.05) is 0 Å². The monoisotopic (exact) mass is 361 g/mol. The maximum Gasteiger partial charge on any atom is 0.419 e. The molecule has 1 atom stereocenters. The van der Waals surface area contributed by atoms with Crippen LogP contribution in [0.1, 0.15) is 23.6 Å². The highest BCUT2D eigenvalue weighted by Gasteiger charge is 2.36. The molecule has 0 radical (unpaired) electrons. The van der Waals surface area contributed by atoms with Crippen LogP contribution in [0.4, 0.5) is 17.6 Å². The first kappa shape index (κ1) is 16.0.